The van der Waals surface area contributed by atoms with Crippen molar-refractivity contribution in [1.29, 1.82) is 0 Å². The largest absolute Gasteiger partial charge is 0.477 e. The number of aliphatic hydroxyl groups excluding tert-OH is 21. The van der Waals surface area contributed by atoms with E-state index >= 15 is 0 Å². The van der Waals surface area contributed by atoms with E-state index in [1.54, 1.807) is 6.08 Å². The number of carboxylic acids is 1. The fraction of sp³-hybridized carbons (Fsp3) is 0.925. The molecular weight excluding hydrogens is 1830 g/mol. The quantitative estimate of drug-likeness (QED) is 0.0214. The molecule has 45 nitrogen and oxygen atoms in total. The van der Waals surface area contributed by atoms with Gasteiger partial charge in [0.25, 0.3) is 5.79 Å². The van der Waals surface area contributed by atoms with Crippen LogP contribution in [0.25, 0.3) is 0 Å². The first-order chi connectivity index (χ1) is 66.1. The molecule has 7 rings (SSSR count). The van der Waals surface area contributed by atoms with Crippen molar-refractivity contribution in [2.45, 2.75) is 492 Å². The second-order valence-electron chi connectivity index (χ2n) is 37.7. The first-order valence-corrected chi connectivity index (χ1v) is 50.1. The maximum absolute atomic E-state index is 13.7. The zero-order valence-corrected chi connectivity index (χ0v) is 80.5. The molecule has 7 saturated heterocycles. The van der Waals surface area contributed by atoms with Crippen LogP contribution in [0, 0.1) is 0 Å². The van der Waals surface area contributed by atoms with Gasteiger partial charge in [0.05, 0.1) is 77.1 Å². The fourth-order valence-corrected chi connectivity index (χ4v) is 18.8. The number of carbonyl (C=O) groups is 5. The molecule has 0 radical (unpaired) electrons. The first-order valence-electron chi connectivity index (χ1n) is 50.1. The third kappa shape index (κ3) is 36.1. The fourth-order valence-electron chi connectivity index (χ4n) is 18.8. The Hall–Kier alpha value is -4.31. The van der Waals surface area contributed by atoms with Gasteiger partial charge in [-0.3, -0.25) is 19.2 Å². The molecule has 7 aliphatic heterocycles. The molecular formula is C93H166N4O41. The van der Waals surface area contributed by atoms with Crippen LogP contribution in [0.3, 0.4) is 0 Å². The minimum absolute atomic E-state index is 0.153. The molecule has 7 fully saturated rings. The van der Waals surface area contributed by atoms with Crippen LogP contribution in [-0.2, 0) is 90.3 Å². The Morgan fingerprint density at radius 1 is 0.377 bits per heavy atom. The number of aliphatic hydroxyl groups is 21. The monoisotopic (exact) mass is 2000 g/mol. The Morgan fingerprint density at radius 3 is 1.07 bits per heavy atom. The van der Waals surface area contributed by atoms with Crippen LogP contribution in [0.1, 0.15) is 259 Å². The van der Waals surface area contributed by atoms with Gasteiger partial charge in [-0.25, -0.2) is 4.79 Å². The lowest BCUT2D eigenvalue weighted by Crippen LogP contribution is -2.71. The van der Waals surface area contributed by atoms with Gasteiger partial charge in [0.15, 0.2) is 37.7 Å². The van der Waals surface area contributed by atoms with E-state index in [0.717, 1.165) is 72.1 Å². The van der Waals surface area contributed by atoms with Crippen molar-refractivity contribution in [3.05, 3.63) is 12.2 Å². The average Bonchev–Trinajstić information content (AvgIpc) is 0.748. The predicted octanol–water partition coefficient (Wildman–Crippen LogP) is -2.91. The third-order valence-corrected chi connectivity index (χ3v) is 26.7. The van der Waals surface area contributed by atoms with Crippen molar-refractivity contribution in [3.63, 3.8) is 0 Å². The lowest BCUT2D eigenvalue weighted by atomic mass is 9.88. The smallest absolute Gasteiger partial charge is 0.364 e. The summed E-state index contributed by atoms with van der Waals surface area (Å²) in [7, 11) is 0. The van der Waals surface area contributed by atoms with Crippen molar-refractivity contribution >= 4 is 29.6 Å². The Balaban J connectivity index is 0.982. The lowest BCUT2D eigenvalue weighted by molar-refractivity contribution is -0.391. The van der Waals surface area contributed by atoms with Crippen molar-refractivity contribution in [3.8, 4) is 0 Å². The zero-order chi connectivity index (χ0) is 101. The molecule has 0 aromatic rings. The summed E-state index contributed by atoms with van der Waals surface area (Å²) < 4.78 is 83.1. The number of ether oxygens (including phenoxy) is 14. The SMILES string of the molecule is CCCCCCCCCCCCC/C=C/[C@@H](O)[C@H](CO[C@@H]1OC(CO)[C@@H](O[C@@H]2OC(CO)[C@H](O)[C@H](O[C@@H]3OC(CO)[C@@H](O[C@@H]4OC(CO)[C@H](O)[C@H](O[C@H]5OC(CO)[C@@H](O[C@@H]6OC(CO)[C@H](O)[C@H](O[C@]7(C(=O)O)CC(O)[C@@H](NC(C)=O)C([C@H](O)[C@H](O)CO)O7)C6O)[C@H](O)C5NC(C)=O)C4O)[C@H](O)C3NC(C)=O)C2O)[C@H](O)C1O)NC(=O)CCCCCCCCCCCCCCCCCCCCCCC. The highest BCUT2D eigenvalue weighted by atomic mass is 16.8. The van der Waals surface area contributed by atoms with E-state index in [1.165, 1.54) is 148 Å². The summed E-state index contributed by atoms with van der Waals surface area (Å²) >= 11 is 0. The van der Waals surface area contributed by atoms with Crippen LogP contribution in [0.4, 0.5) is 0 Å². The molecule has 4 amide bonds. The van der Waals surface area contributed by atoms with Crippen LogP contribution in [-0.4, -0.2) is 427 Å². The van der Waals surface area contributed by atoms with Gasteiger partial charge in [-0.2, -0.15) is 0 Å². The van der Waals surface area contributed by atoms with E-state index in [4.69, 9.17) is 66.3 Å². The maximum atomic E-state index is 13.7. The number of rotatable bonds is 65. The first kappa shape index (κ1) is 121. The predicted molar refractivity (Wildman–Crippen MR) is 483 cm³/mol. The second-order valence-corrected chi connectivity index (χ2v) is 37.7. The summed E-state index contributed by atoms with van der Waals surface area (Å²) in [6, 6.07) is -6.68. The van der Waals surface area contributed by atoms with Crippen molar-refractivity contribution < 1.29 is 203 Å². The second kappa shape index (κ2) is 63.3. The van der Waals surface area contributed by atoms with Gasteiger partial charge in [-0.1, -0.05) is 219 Å². The van der Waals surface area contributed by atoms with E-state index in [0.29, 0.717) is 12.8 Å². The molecule has 0 aromatic carbocycles. The molecule has 26 N–H and O–H groups in total. The summed E-state index contributed by atoms with van der Waals surface area (Å²) in [6.45, 7) is -0.958. The van der Waals surface area contributed by atoms with Crippen LogP contribution in [0.15, 0.2) is 12.2 Å². The zero-order valence-electron chi connectivity index (χ0n) is 80.5. The van der Waals surface area contributed by atoms with Crippen LogP contribution in [0.2, 0.25) is 0 Å². The summed E-state index contributed by atoms with van der Waals surface area (Å²) in [5.74, 6) is -8.44. The number of aliphatic carboxylic acids is 1. The molecule has 45 heteroatoms. The van der Waals surface area contributed by atoms with Crippen molar-refractivity contribution in [1.82, 2.24) is 21.3 Å². The Labute approximate surface area is 807 Å². The normalized spacial score (nSPS) is 36.2. The number of hydrogen-bond donors (Lipinski definition) is 26. The highest BCUT2D eigenvalue weighted by molar-refractivity contribution is 5.77. The Kier molecular flexibility index (Phi) is 55.3. The van der Waals surface area contributed by atoms with Gasteiger partial charge in [-0.05, 0) is 19.3 Å². The molecule has 14 unspecified atom stereocenters. The number of amides is 4. The maximum Gasteiger partial charge on any atom is 0.364 e. The number of nitrogens with one attached hydrogen (secondary N) is 4. The number of carboxylic acid groups (broad SMARTS) is 1. The van der Waals surface area contributed by atoms with Gasteiger partial charge in [0, 0.05) is 33.6 Å². The minimum atomic E-state index is -3.25. The third-order valence-electron chi connectivity index (χ3n) is 26.7. The molecule has 0 aliphatic carbocycles. The highest BCUT2D eigenvalue weighted by Gasteiger charge is 2.63. The van der Waals surface area contributed by atoms with Gasteiger partial charge in [0.2, 0.25) is 23.6 Å². The van der Waals surface area contributed by atoms with Crippen LogP contribution < -0.4 is 21.3 Å². The van der Waals surface area contributed by atoms with E-state index in [2.05, 4.69) is 35.1 Å². The summed E-state index contributed by atoms with van der Waals surface area (Å²) in [4.78, 5) is 65.2. The summed E-state index contributed by atoms with van der Waals surface area (Å²) in [5.41, 5.74) is 0. The highest BCUT2D eigenvalue weighted by Crippen LogP contribution is 2.42. The molecule has 138 heavy (non-hydrogen) atoms. The van der Waals surface area contributed by atoms with Gasteiger partial charge in [0.1, 0.15) is 165 Å². The number of carbonyl (C=O) groups excluding carboxylic acids is 4. The van der Waals surface area contributed by atoms with Crippen LogP contribution >= 0.6 is 0 Å². The molecule has 38 atom stereocenters. The lowest BCUT2D eigenvalue weighted by Gasteiger charge is -2.51. The molecule has 7 aliphatic rings. The van der Waals surface area contributed by atoms with Crippen molar-refractivity contribution in [2.75, 3.05) is 52.9 Å². The van der Waals surface area contributed by atoms with Gasteiger partial charge >= 0.3 is 5.97 Å². The number of unbranched alkanes of at least 4 members (excludes halogenated alkanes) is 31. The average molecular weight is 2000 g/mol. The van der Waals surface area contributed by atoms with Crippen LogP contribution in [0.5, 0.6) is 0 Å². The van der Waals surface area contributed by atoms with Crippen molar-refractivity contribution in [2.24, 2.45) is 0 Å². The van der Waals surface area contributed by atoms with E-state index < -0.39 is 315 Å². The van der Waals surface area contributed by atoms with Gasteiger partial charge in [-0.15, -0.1) is 0 Å². The molecule has 7 heterocycles. The minimum Gasteiger partial charge on any atom is -0.477 e. The van der Waals surface area contributed by atoms with E-state index in [-0.39, 0.29) is 12.3 Å². The number of allylic oxidation sites excluding steroid dienone is 1. The molecule has 0 bridgehead atoms. The standard InChI is InChI=1S/C93H166N4O41/c1-6-8-10-12-14-16-18-20-21-22-23-24-25-26-27-29-31-33-35-37-39-41-64(111)97-54(55(108)40-38-36-34-32-30-28-19-17-15-13-11-9-7-2)50-125-88-75(119)74(118)81(63(49-104)131-88)134-90-77(121)84(70(114)59(45-100)127-90)136-86-66(95-52(4)106)72(116)79(61(47-102)129-86)132-89-76(120)83(69(113)58(44-99)126-89)135-87-67(96-53(5)107)73(117)80(62(48-103)130-87)133-91-78(122)85(71(115)60(46-101)128-91)138-93(92(123)124)42-56(109)65(94-51(3)105)82(137-93)68(112)57(110)43-98/h38,40,54-63,65-91,98-104,108-110,112-122H,6-37,39,41-50H2,1-5H3,(H,94,105)(H,95,106)(H,96,107)(H,97,111)(H,123,124)/b40-38+/t54-,55+,56?,57+,58?,59?,60?,61?,62?,63?,65+,66?,67?,68+,69-,70-,71-,72+,73+,74+,75?,76?,77?,78?,79+,80+,81+,82?,83-,84-,85-,86-,87+,88+,89-,90-,91-,93-/m0/s1. The Morgan fingerprint density at radius 2 is 0.703 bits per heavy atom. The summed E-state index contributed by atoms with van der Waals surface area (Å²) in [6.07, 6.45) is -26.9. The molecule has 804 valence electrons. The molecule has 0 aromatic heterocycles. The van der Waals surface area contributed by atoms with Gasteiger partial charge < -0.3 is 200 Å². The van der Waals surface area contributed by atoms with E-state index in [1.807, 2.05) is 6.08 Å². The number of hydrogen-bond acceptors (Lipinski definition) is 40. The Bertz CT molecular complexity index is 3410. The molecule has 0 saturated carbocycles. The summed E-state index contributed by atoms with van der Waals surface area (Å²) in [5, 5.41) is 258. The molecule has 0 spiro atoms. The topological polar surface area (TPSA) is 708 Å². The van der Waals surface area contributed by atoms with E-state index in [9.17, 15) is 136 Å².